The normalized spacial score (nSPS) is 11.5. The van der Waals surface area contributed by atoms with Crippen molar-refractivity contribution in [3.8, 4) is 0 Å². The van der Waals surface area contributed by atoms with Gasteiger partial charge in [0.15, 0.2) is 0 Å². The van der Waals surface area contributed by atoms with Gasteiger partial charge in [-0.1, -0.05) is 65.2 Å². The van der Waals surface area contributed by atoms with E-state index in [4.69, 9.17) is 9.15 Å². The number of nitrogens with zero attached hydrogens (tertiary/aromatic N) is 2. The van der Waals surface area contributed by atoms with Gasteiger partial charge in [-0.2, -0.15) is 4.98 Å². The van der Waals surface area contributed by atoms with Crippen LogP contribution in [0, 0.1) is 0 Å². The van der Waals surface area contributed by atoms with Crippen molar-refractivity contribution in [1.29, 1.82) is 0 Å². The van der Waals surface area contributed by atoms with Crippen LogP contribution in [0.3, 0.4) is 0 Å². The lowest BCUT2D eigenvalue weighted by Gasteiger charge is -2.05. The number of hydrogen-bond donors (Lipinski definition) is 0. The molecule has 0 aliphatic rings. The van der Waals surface area contributed by atoms with Crippen LogP contribution in [-0.4, -0.2) is 16.2 Å². The van der Waals surface area contributed by atoms with E-state index >= 15 is 0 Å². The summed E-state index contributed by atoms with van der Waals surface area (Å²) in [5.74, 6) is 0.729. The minimum Gasteiger partial charge on any atom is -0.440 e. The van der Waals surface area contributed by atoms with Crippen LogP contribution in [0.1, 0.15) is 83.8 Å². The van der Waals surface area contributed by atoms with E-state index in [2.05, 4.69) is 18.8 Å². The topological polar surface area (TPSA) is 57.3 Å². The highest BCUT2D eigenvalue weighted by atomic mass is 16.5. The van der Waals surface area contributed by atoms with Crippen molar-refractivity contribution < 1.29 is 9.15 Å². The quantitative estimate of drug-likeness (QED) is 0.419. The molecule has 0 aliphatic carbocycles. The molecule has 0 spiro atoms. The fourth-order valence-electron chi connectivity index (χ4n) is 3.07. The second-order valence-electron chi connectivity index (χ2n) is 7.07. The molecule has 0 saturated carbocycles. The molecular formula is C21H34N2O3. The molecule has 2 aromatic heterocycles. The van der Waals surface area contributed by atoms with Crippen LogP contribution in [0.15, 0.2) is 21.5 Å². The summed E-state index contributed by atoms with van der Waals surface area (Å²) in [7, 11) is 0. The van der Waals surface area contributed by atoms with Crippen LogP contribution in [0.2, 0.25) is 0 Å². The molecule has 0 radical (unpaired) electrons. The van der Waals surface area contributed by atoms with Crippen LogP contribution in [0.25, 0.3) is 11.1 Å². The summed E-state index contributed by atoms with van der Waals surface area (Å²) in [5, 5.41) is 0.873. The molecule has 0 saturated heterocycles. The third kappa shape index (κ3) is 6.94. The summed E-state index contributed by atoms with van der Waals surface area (Å²) >= 11 is 0. The summed E-state index contributed by atoms with van der Waals surface area (Å²) in [4.78, 5) is 16.2. The van der Waals surface area contributed by atoms with E-state index < -0.39 is 0 Å². The average Bonchev–Trinajstić information content (AvgIpc) is 3.02. The number of fused-ring (bicyclic) bond motifs is 1. The van der Waals surface area contributed by atoms with Crippen molar-refractivity contribution in [2.45, 2.75) is 91.2 Å². The fourth-order valence-corrected chi connectivity index (χ4v) is 3.07. The first-order chi connectivity index (χ1) is 12.7. The van der Waals surface area contributed by atoms with E-state index in [0.29, 0.717) is 12.3 Å². The van der Waals surface area contributed by atoms with Crippen molar-refractivity contribution in [3.05, 3.63) is 28.5 Å². The Hall–Kier alpha value is -1.62. The van der Waals surface area contributed by atoms with Gasteiger partial charge in [0.2, 0.25) is 5.71 Å². The summed E-state index contributed by atoms with van der Waals surface area (Å²) in [6.07, 6.45) is 14.1. The van der Waals surface area contributed by atoms with Gasteiger partial charge in [0, 0.05) is 19.3 Å². The van der Waals surface area contributed by atoms with Crippen molar-refractivity contribution in [3.63, 3.8) is 0 Å². The number of rotatable bonds is 14. The van der Waals surface area contributed by atoms with Gasteiger partial charge in [-0.25, -0.2) is 4.79 Å². The molecule has 0 atom stereocenters. The van der Waals surface area contributed by atoms with Crippen LogP contribution in [0.4, 0.5) is 0 Å². The molecule has 5 heteroatoms. The first kappa shape index (κ1) is 20.7. The first-order valence-corrected chi connectivity index (χ1v) is 10.3. The minimum atomic E-state index is -0.228. The Morgan fingerprint density at radius 3 is 2.42 bits per heavy atom. The van der Waals surface area contributed by atoms with Gasteiger partial charge in [0.25, 0.3) is 0 Å². The number of unbranched alkanes of at least 4 members (excludes halogenated alkanes) is 8. The number of ether oxygens (including phenoxy) is 1. The molecular weight excluding hydrogens is 328 g/mol. The Morgan fingerprint density at radius 1 is 1.00 bits per heavy atom. The summed E-state index contributed by atoms with van der Waals surface area (Å²) < 4.78 is 12.9. The second-order valence-corrected chi connectivity index (χ2v) is 7.07. The molecule has 0 unspecified atom stereocenters. The van der Waals surface area contributed by atoms with E-state index in [1.54, 1.807) is 4.57 Å². The van der Waals surface area contributed by atoms with Crippen LogP contribution in [0.5, 0.6) is 0 Å². The zero-order chi connectivity index (χ0) is 18.6. The lowest BCUT2D eigenvalue weighted by molar-refractivity contribution is 0.105. The molecule has 2 heterocycles. The molecule has 0 aliphatic heterocycles. The maximum absolute atomic E-state index is 12.1. The lowest BCUT2D eigenvalue weighted by Crippen LogP contribution is -2.22. The zero-order valence-electron chi connectivity index (χ0n) is 16.5. The Kier molecular flexibility index (Phi) is 9.46. The molecule has 0 fully saturated rings. The highest BCUT2D eigenvalue weighted by Crippen LogP contribution is 2.17. The number of aromatic nitrogens is 2. The maximum Gasteiger partial charge on any atom is 0.350 e. The predicted molar refractivity (Wildman–Crippen MR) is 105 cm³/mol. The Bertz CT molecular complexity index is 690. The first-order valence-electron chi connectivity index (χ1n) is 10.3. The summed E-state index contributed by atoms with van der Waals surface area (Å²) in [6, 6.07) is 1.93. The van der Waals surface area contributed by atoms with Crippen molar-refractivity contribution >= 4 is 11.1 Å². The van der Waals surface area contributed by atoms with Gasteiger partial charge in [0.1, 0.15) is 12.4 Å². The lowest BCUT2D eigenvalue weighted by atomic mass is 10.1. The average molecular weight is 363 g/mol. The standard InChI is InChI=1S/C21H34N2O3/c1-3-5-7-8-9-10-11-12-13-23-16-18-15-19(17-25-14-6-4-2)26-20(18)22-21(23)24/h15-16H,3-14,17H2,1-2H3. The molecule has 0 aromatic carbocycles. The molecule has 0 amide bonds. The van der Waals surface area contributed by atoms with Crippen LogP contribution >= 0.6 is 0 Å². The third-order valence-electron chi connectivity index (χ3n) is 4.67. The van der Waals surface area contributed by atoms with Gasteiger partial charge < -0.3 is 9.15 Å². The number of furan rings is 1. The SMILES string of the molecule is CCCCCCCCCCn1cc2cc(COCCCC)oc2nc1=O. The van der Waals surface area contributed by atoms with Crippen molar-refractivity contribution in [1.82, 2.24) is 9.55 Å². The summed E-state index contributed by atoms with van der Waals surface area (Å²) in [5.41, 5.74) is 0.185. The van der Waals surface area contributed by atoms with E-state index in [-0.39, 0.29) is 5.69 Å². The molecule has 146 valence electrons. The molecule has 26 heavy (non-hydrogen) atoms. The van der Waals surface area contributed by atoms with E-state index in [0.717, 1.165) is 43.6 Å². The third-order valence-corrected chi connectivity index (χ3v) is 4.67. The fraction of sp³-hybridized carbons (Fsp3) is 0.714. The van der Waals surface area contributed by atoms with Crippen LogP contribution in [-0.2, 0) is 17.9 Å². The van der Waals surface area contributed by atoms with Crippen LogP contribution < -0.4 is 5.69 Å². The monoisotopic (exact) mass is 362 g/mol. The molecule has 5 nitrogen and oxygen atoms in total. The smallest absolute Gasteiger partial charge is 0.350 e. The minimum absolute atomic E-state index is 0.228. The van der Waals surface area contributed by atoms with E-state index in [1.165, 1.54) is 44.9 Å². The van der Waals surface area contributed by atoms with Gasteiger partial charge in [0.05, 0.1) is 5.39 Å². The van der Waals surface area contributed by atoms with Gasteiger partial charge in [-0.05, 0) is 18.9 Å². The summed E-state index contributed by atoms with van der Waals surface area (Å²) in [6.45, 7) is 6.26. The van der Waals surface area contributed by atoms with Gasteiger partial charge in [-0.15, -0.1) is 0 Å². The van der Waals surface area contributed by atoms with Crippen molar-refractivity contribution in [2.24, 2.45) is 0 Å². The molecule has 2 rings (SSSR count). The highest BCUT2D eigenvalue weighted by Gasteiger charge is 2.08. The number of aryl methyl sites for hydroxylation is 1. The van der Waals surface area contributed by atoms with Gasteiger partial charge >= 0.3 is 5.69 Å². The van der Waals surface area contributed by atoms with Crippen molar-refractivity contribution in [2.75, 3.05) is 6.61 Å². The molecule has 0 N–H and O–H groups in total. The second kappa shape index (κ2) is 11.9. The van der Waals surface area contributed by atoms with Gasteiger partial charge in [-0.3, -0.25) is 4.57 Å². The molecule has 2 aromatic rings. The largest absolute Gasteiger partial charge is 0.440 e. The number of hydrogen-bond acceptors (Lipinski definition) is 4. The zero-order valence-corrected chi connectivity index (χ0v) is 16.5. The Balaban J connectivity index is 1.79. The van der Waals surface area contributed by atoms with E-state index in [1.807, 2.05) is 12.3 Å². The maximum atomic E-state index is 12.1. The molecule has 0 bridgehead atoms. The van der Waals surface area contributed by atoms with E-state index in [9.17, 15) is 4.79 Å². The Morgan fingerprint density at radius 2 is 1.69 bits per heavy atom. The highest BCUT2D eigenvalue weighted by molar-refractivity contribution is 5.72. The predicted octanol–water partition coefficient (Wildman–Crippen LogP) is 5.45. The Labute approximate surface area is 156 Å².